The van der Waals surface area contributed by atoms with E-state index in [1.165, 1.54) is 0 Å². The van der Waals surface area contributed by atoms with Gasteiger partial charge in [0.05, 0.1) is 0 Å². The van der Waals surface area contributed by atoms with Gasteiger partial charge in [-0.3, -0.25) is 0 Å². The van der Waals surface area contributed by atoms with Crippen molar-refractivity contribution in [2.45, 2.75) is 53.5 Å². The fourth-order valence-corrected chi connectivity index (χ4v) is 0.760. The summed E-state index contributed by atoms with van der Waals surface area (Å²) in [7, 11) is 1.97. The van der Waals surface area contributed by atoms with Crippen molar-refractivity contribution in [1.82, 2.24) is 5.32 Å². The largest absolute Gasteiger partial charge is 0.325 e. The lowest BCUT2D eigenvalue weighted by atomic mass is 9.73. The van der Waals surface area contributed by atoms with Crippen molar-refractivity contribution in [1.29, 1.82) is 0 Å². The first-order valence-corrected chi connectivity index (χ1v) is 5.25. The fourth-order valence-electron chi connectivity index (χ4n) is 0.760. The summed E-state index contributed by atoms with van der Waals surface area (Å²) in [5.74, 6) is 0. The summed E-state index contributed by atoms with van der Waals surface area (Å²) in [6.07, 6.45) is 1.12. The van der Waals surface area contributed by atoms with Crippen LogP contribution in [0, 0.1) is 5.41 Å². The van der Waals surface area contributed by atoms with Crippen LogP contribution in [-0.4, -0.2) is 19.1 Å². The molecule has 0 aromatic carbocycles. The lowest BCUT2D eigenvalue weighted by molar-refractivity contribution is 0.186. The van der Waals surface area contributed by atoms with Crippen LogP contribution in [0.5, 0.6) is 0 Å². The van der Waals surface area contributed by atoms with Gasteiger partial charge in [0.25, 0.3) is 0 Å². The van der Waals surface area contributed by atoms with E-state index < -0.39 is 0 Å². The van der Waals surface area contributed by atoms with Gasteiger partial charge in [0.2, 0.25) is 0 Å². The molecule has 0 heterocycles. The molecular weight excluding hydrogens is 160 g/mol. The fraction of sp³-hybridized carbons (Fsp3) is 1.00. The molecule has 3 N–H and O–H groups in total. The maximum absolute atomic E-state index is 6.03. The summed E-state index contributed by atoms with van der Waals surface area (Å²) in [5.41, 5.74) is 6.14. The zero-order valence-corrected chi connectivity index (χ0v) is 10.5. The molecule has 2 nitrogen and oxygen atoms in total. The molecule has 0 atom stereocenters. The van der Waals surface area contributed by atoms with Crippen molar-refractivity contribution < 1.29 is 0 Å². The van der Waals surface area contributed by atoms with E-state index >= 15 is 0 Å². The van der Waals surface area contributed by atoms with Crippen molar-refractivity contribution in [2.75, 3.05) is 13.6 Å². The van der Waals surface area contributed by atoms with Gasteiger partial charge in [0.1, 0.15) is 0 Å². The summed E-state index contributed by atoms with van der Waals surface area (Å²) in [4.78, 5) is 0. The van der Waals surface area contributed by atoms with Crippen molar-refractivity contribution >= 4 is 0 Å². The average Bonchev–Trinajstić information content (AvgIpc) is 2.03. The second-order valence-electron chi connectivity index (χ2n) is 4.46. The minimum Gasteiger partial charge on any atom is -0.325 e. The van der Waals surface area contributed by atoms with Crippen LogP contribution in [0.2, 0.25) is 0 Å². The van der Waals surface area contributed by atoms with Gasteiger partial charge < -0.3 is 11.1 Å². The Labute approximate surface area is 84.3 Å². The SMILES string of the molecule is CC.CNCCC(C)(C)C(C)(C)N. The Morgan fingerprint density at radius 3 is 1.69 bits per heavy atom. The minimum atomic E-state index is -0.0934. The van der Waals surface area contributed by atoms with E-state index in [4.69, 9.17) is 5.73 Å². The summed E-state index contributed by atoms with van der Waals surface area (Å²) >= 11 is 0. The lowest BCUT2D eigenvalue weighted by Gasteiger charge is -2.38. The third-order valence-corrected chi connectivity index (χ3v) is 2.74. The molecule has 0 aromatic heterocycles. The van der Waals surface area contributed by atoms with Crippen molar-refractivity contribution in [2.24, 2.45) is 11.1 Å². The van der Waals surface area contributed by atoms with E-state index in [-0.39, 0.29) is 11.0 Å². The van der Waals surface area contributed by atoms with Crippen LogP contribution < -0.4 is 11.1 Å². The Kier molecular flexibility index (Phi) is 7.56. The Bertz CT molecular complexity index is 112. The second-order valence-corrected chi connectivity index (χ2v) is 4.46. The van der Waals surface area contributed by atoms with Crippen molar-refractivity contribution in [3.05, 3.63) is 0 Å². The number of nitrogens with one attached hydrogen (secondary N) is 1. The van der Waals surface area contributed by atoms with Crippen LogP contribution in [0.4, 0.5) is 0 Å². The maximum atomic E-state index is 6.03. The zero-order chi connectivity index (χ0) is 11.1. The van der Waals surface area contributed by atoms with Crippen molar-refractivity contribution in [3.8, 4) is 0 Å². The van der Waals surface area contributed by atoms with E-state index in [1.807, 2.05) is 20.9 Å². The zero-order valence-electron chi connectivity index (χ0n) is 10.5. The van der Waals surface area contributed by atoms with Gasteiger partial charge in [-0.2, -0.15) is 0 Å². The molecule has 0 aliphatic heterocycles. The minimum absolute atomic E-state index is 0.0934. The molecule has 0 spiro atoms. The average molecular weight is 188 g/mol. The second kappa shape index (κ2) is 6.39. The highest BCUT2D eigenvalue weighted by Gasteiger charge is 2.32. The number of hydrogen-bond acceptors (Lipinski definition) is 2. The van der Waals surface area contributed by atoms with Crippen molar-refractivity contribution in [3.63, 3.8) is 0 Å². The molecule has 13 heavy (non-hydrogen) atoms. The Balaban J connectivity index is 0. The summed E-state index contributed by atoms with van der Waals surface area (Å²) in [5, 5.41) is 3.14. The third-order valence-electron chi connectivity index (χ3n) is 2.74. The normalized spacial score (nSPS) is 12.0. The molecule has 0 radical (unpaired) electrons. The van der Waals surface area contributed by atoms with E-state index in [0.717, 1.165) is 13.0 Å². The Morgan fingerprint density at radius 1 is 1.08 bits per heavy atom. The molecule has 0 amide bonds. The Hall–Kier alpha value is -0.0800. The van der Waals surface area contributed by atoms with Crippen LogP contribution in [0.1, 0.15) is 48.0 Å². The predicted molar refractivity (Wildman–Crippen MR) is 61.9 cm³/mol. The quantitative estimate of drug-likeness (QED) is 0.711. The van der Waals surface area contributed by atoms with Gasteiger partial charge in [-0.1, -0.05) is 27.7 Å². The number of rotatable bonds is 4. The molecule has 0 saturated heterocycles. The van der Waals surface area contributed by atoms with Crippen LogP contribution in [0.3, 0.4) is 0 Å². The first-order chi connectivity index (χ1) is 5.81. The van der Waals surface area contributed by atoms with Gasteiger partial charge >= 0.3 is 0 Å². The predicted octanol–water partition coefficient (Wildman–Crippen LogP) is 2.39. The van der Waals surface area contributed by atoms with E-state index in [9.17, 15) is 0 Å². The summed E-state index contributed by atoms with van der Waals surface area (Å²) in [6, 6.07) is 0. The van der Waals surface area contributed by atoms with Crippen LogP contribution in [0.25, 0.3) is 0 Å². The third kappa shape index (κ3) is 6.05. The van der Waals surface area contributed by atoms with Gasteiger partial charge in [-0.05, 0) is 39.3 Å². The first-order valence-electron chi connectivity index (χ1n) is 5.25. The molecule has 0 saturated carbocycles. The highest BCUT2D eigenvalue weighted by molar-refractivity contribution is 4.89. The van der Waals surface area contributed by atoms with E-state index in [0.29, 0.717) is 0 Å². The molecule has 2 heteroatoms. The van der Waals surface area contributed by atoms with Crippen LogP contribution >= 0.6 is 0 Å². The van der Waals surface area contributed by atoms with E-state index in [1.54, 1.807) is 0 Å². The monoisotopic (exact) mass is 188 g/mol. The first kappa shape index (κ1) is 15.4. The number of hydrogen-bond donors (Lipinski definition) is 2. The molecule has 0 rings (SSSR count). The highest BCUT2D eigenvalue weighted by atomic mass is 14.8. The molecule has 0 fully saturated rings. The molecule has 0 aliphatic carbocycles. The molecule has 0 aliphatic rings. The lowest BCUT2D eigenvalue weighted by Crippen LogP contribution is -2.48. The van der Waals surface area contributed by atoms with Gasteiger partial charge in [0, 0.05) is 5.54 Å². The summed E-state index contributed by atoms with van der Waals surface area (Å²) in [6.45, 7) is 13.6. The Morgan fingerprint density at radius 2 is 1.46 bits per heavy atom. The number of nitrogens with two attached hydrogens (primary N) is 1. The topological polar surface area (TPSA) is 38.0 Å². The maximum Gasteiger partial charge on any atom is 0.0149 e. The standard InChI is InChI=1S/C9H22N2.C2H6/c1-8(2,6-7-11-5)9(3,4)10;1-2/h11H,6-7,10H2,1-5H3;1-2H3. The highest BCUT2D eigenvalue weighted by Crippen LogP contribution is 2.31. The molecule has 0 unspecified atom stereocenters. The van der Waals surface area contributed by atoms with Crippen LogP contribution in [0.15, 0.2) is 0 Å². The summed E-state index contributed by atoms with van der Waals surface area (Å²) < 4.78 is 0. The molecule has 0 bridgehead atoms. The van der Waals surface area contributed by atoms with Gasteiger partial charge in [0.15, 0.2) is 0 Å². The van der Waals surface area contributed by atoms with Gasteiger partial charge in [-0.15, -0.1) is 0 Å². The molecular formula is C11H28N2. The molecule has 0 aromatic rings. The van der Waals surface area contributed by atoms with Crippen LogP contribution in [-0.2, 0) is 0 Å². The smallest absolute Gasteiger partial charge is 0.0149 e. The molecule has 82 valence electrons. The van der Waals surface area contributed by atoms with Gasteiger partial charge in [-0.25, -0.2) is 0 Å². The van der Waals surface area contributed by atoms with E-state index in [2.05, 4.69) is 33.0 Å².